The monoisotopic (exact) mass is 251 g/mol. The molecule has 1 aliphatic heterocycles. The molecule has 0 bridgehead atoms. The van der Waals surface area contributed by atoms with E-state index >= 15 is 0 Å². The van der Waals surface area contributed by atoms with E-state index in [1.54, 1.807) is 0 Å². The molecule has 0 aromatic heterocycles. The van der Waals surface area contributed by atoms with Gasteiger partial charge in [0.15, 0.2) is 0 Å². The zero-order chi connectivity index (χ0) is 13.6. The number of nitrogens with one attached hydrogen (secondary N) is 1. The number of likely N-dealkylation sites (tertiary alicyclic amines) is 1. The minimum absolute atomic E-state index is 0.346. The van der Waals surface area contributed by atoms with Crippen LogP contribution in [0.25, 0.3) is 0 Å². The number of piperidine rings is 1. The molecule has 18 heavy (non-hydrogen) atoms. The van der Waals surface area contributed by atoms with Crippen molar-refractivity contribution in [3.8, 4) is 6.07 Å². The third-order valence-corrected chi connectivity index (χ3v) is 4.21. The molecule has 104 valence electrons. The first-order valence-corrected chi connectivity index (χ1v) is 7.41. The summed E-state index contributed by atoms with van der Waals surface area (Å²) >= 11 is 0. The fourth-order valence-corrected chi connectivity index (χ4v) is 3.00. The predicted molar refractivity (Wildman–Crippen MR) is 76.4 cm³/mol. The van der Waals surface area contributed by atoms with E-state index in [4.69, 9.17) is 0 Å². The number of rotatable bonds is 6. The lowest BCUT2D eigenvalue weighted by molar-refractivity contribution is 0.125. The molecule has 1 heterocycles. The van der Waals surface area contributed by atoms with Gasteiger partial charge in [0.1, 0.15) is 5.54 Å². The van der Waals surface area contributed by atoms with Gasteiger partial charge in [-0.15, -0.1) is 0 Å². The summed E-state index contributed by atoms with van der Waals surface area (Å²) in [6.45, 7) is 12.0. The van der Waals surface area contributed by atoms with Crippen molar-refractivity contribution in [3.05, 3.63) is 0 Å². The third-order valence-electron chi connectivity index (χ3n) is 4.21. The van der Waals surface area contributed by atoms with Crippen LogP contribution in [0.5, 0.6) is 0 Å². The summed E-state index contributed by atoms with van der Waals surface area (Å²) in [6.07, 6.45) is 4.70. The Morgan fingerprint density at radius 1 is 1.44 bits per heavy atom. The van der Waals surface area contributed by atoms with Crippen molar-refractivity contribution in [2.24, 2.45) is 5.92 Å². The Morgan fingerprint density at radius 3 is 2.72 bits per heavy atom. The van der Waals surface area contributed by atoms with Crippen molar-refractivity contribution in [3.63, 3.8) is 0 Å². The molecule has 3 nitrogen and oxygen atoms in total. The van der Waals surface area contributed by atoms with Gasteiger partial charge in [0.05, 0.1) is 6.07 Å². The van der Waals surface area contributed by atoms with E-state index < -0.39 is 0 Å². The second-order valence-corrected chi connectivity index (χ2v) is 6.09. The molecule has 1 saturated heterocycles. The molecule has 0 aliphatic carbocycles. The van der Waals surface area contributed by atoms with Crippen molar-refractivity contribution in [1.29, 1.82) is 5.26 Å². The van der Waals surface area contributed by atoms with Crippen LogP contribution in [0.2, 0.25) is 0 Å². The standard InChI is InChI=1S/C15H29N3/c1-5-17-15(4,12-16)8-6-9-18-10-7-13(2)11-14(18)3/h13-14,17H,5-11H2,1-4H3. The number of hydrogen-bond donors (Lipinski definition) is 1. The van der Waals surface area contributed by atoms with Crippen LogP contribution in [0.1, 0.15) is 53.4 Å². The van der Waals surface area contributed by atoms with Crippen LogP contribution in [0.4, 0.5) is 0 Å². The molecule has 1 fully saturated rings. The lowest BCUT2D eigenvalue weighted by atomic mass is 9.92. The van der Waals surface area contributed by atoms with Gasteiger partial charge in [-0.25, -0.2) is 0 Å². The summed E-state index contributed by atoms with van der Waals surface area (Å²) in [4.78, 5) is 2.59. The summed E-state index contributed by atoms with van der Waals surface area (Å²) in [5.41, 5.74) is -0.346. The van der Waals surface area contributed by atoms with Gasteiger partial charge in [0, 0.05) is 6.04 Å². The maximum atomic E-state index is 9.21. The molecular formula is C15H29N3. The second kappa shape index (κ2) is 7.11. The summed E-state index contributed by atoms with van der Waals surface area (Å²) in [6, 6.07) is 3.12. The fourth-order valence-electron chi connectivity index (χ4n) is 3.00. The zero-order valence-electron chi connectivity index (χ0n) is 12.5. The van der Waals surface area contributed by atoms with Crippen LogP contribution in [0.3, 0.4) is 0 Å². The lowest BCUT2D eigenvalue weighted by Gasteiger charge is -2.37. The van der Waals surface area contributed by atoms with Gasteiger partial charge in [0.25, 0.3) is 0 Å². The molecule has 3 atom stereocenters. The normalized spacial score (nSPS) is 28.6. The SMILES string of the molecule is CCNC(C)(C#N)CCCN1CCC(C)CC1C. The van der Waals surface area contributed by atoms with E-state index in [1.165, 1.54) is 19.4 Å². The molecule has 0 aromatic rings. The van der Waals surface area contributed by atoms with Crippen molar-refractivity contribution < 1.29 is 0 Å². The highest BCUT2D eigenvalue weighted by Crippen LogP contribution is 2.23. The first-order chi connectivity index (χ1) is 8.50. The van der Waals surface area contributed by atoms with E-state index in [-0.39, 0.29) is 5.54 Å². The largest absolute Gasteiger partial charge is 0.301 e. The molecule has 1 rings (SSSR count). The summed E-state index contributed by atoms with van der Waals surface area (Å²) in [5, 5.41) is 12.5. The average Bonchev–Trinajstić information content (AvgIpc) is 2.32. The highest BCUT2D eigenvalue weighted by molar-refractivity contribution is 5.03. The minimum Gasteiger partial charge on any atom is -0.301 e. The van der Waals surface area contributed by atoms with E-state index in [1.807, 2.05) is 6.92 Å². The molecule has 0 spiro atoms. The van der Waals surface area contributed by atoms with Crippen molar-refractivity contribution in [1.82, 2.24) is 10.2 Å². The van der Waals surface area contributed by atoms with E-state index in [2.05, 4.69) is 37.1 Å². The van der Waals surface area contributed by atoms with Crippen LogP contribution < -0.4 is 5.32 Å². The van der Waals surface area contributed by atoms with Crippen LogP contribution in [0.15, 0.2) is 0 Å². The smallest absolute Gasteiger partial charge is 0.103 e. The number of nitrogens with zero attached hydrogens (tertiary/aromatic N) is 2. The maximum absolute atomic E-state index is 9.21. The van der Waals surface area contributed by atoms with Crippen LogP contribution >= 0.6 is 0 Å². The Morgan fingerprint density at radius 2 is 2.17 bits per heavy atom. The van der Waals surface area contributed by atoms with Gasteiger partial charge in [-0.05, 0) is 65.1 Å². The van der Waals surface area contributed by atoms with Crippen molar-refractivity contribution in [2.75, 3.05) is 19.6 Å². The van der Waals surface area contributed by atoms with E-state index in [0.29, 0.717) is 6.04 Å². The Hall–Kier alpha value is -0.590. The zero-order valence-corrected chi connectivity index (χ0v) is 12.5. The van der Waals surface area contributed by atoms with Gasteiger partial charge in [-0.2, -0.15) is 5.26 Å². The maximum Gasteiger partial charge on any atom is 0.103 e. The van der Waals surface area contributed by atoms with Gasteiger partial charge >= 0.3 is 0 Å². The molecule has 0 saturated carbocycles. The Bertz CT molecular complexity index is 284. The highest BCUT2D eigenvalue weighted by Gasteiger charge is 2.25. The molecule has 1 N–H and O–H groups in total. The average molecular weight is 251 g/mol. The molecule has 3 heteroatoms. The molecule has 3 unspecified atom stereocenters. The van der Waals surface area contributed by atoms with E-state index in [0.717, 1.165) is 31.8 Å². The van der Waals surface area contributed by atoms with Crippen LogP contribution in [-0.4, -0.2) is 36.1 Å². The Kier molecular flexibility index (Phi) is 6.11. The molecule has 0 amide bonds. The number of nitriles is 1. The lowest BCUT2D eigenvalue weighted by Crippen LogP contribution is -2.43. The second-order valence-electron chi connectivity index (χ2n) is 6.09. The first kappa shape index (κ1) is 15.5. The third kappa shape index (κ3) is 4.59. The summed E-state index contributed by atoms with van der Waals surface area (Å²) < 4.78 is 0. The summed E-state index contributed by atoms with van der Waals surface area (Å²) in [7, 11) is 0. The molecule has 0 aromatic carbocycles. The predicted octanol–water partition coefficient (Wildman–Crippen LogP) is 2.78. The fraction of sp³-hybridized carbons (Fsp3) is 0.933. The van der Waals surface area contributed by atoms with Gasteiger partial charge in [-0.1, -0.05) is 13.8 Å². The Balaban J connectivity index is 2.31. The number of hydrogen-bond acceptors (Lipinski definition) is 3. The van der Waals surface area contributed by atoms with Crippen molar-refractivity contribution in [2.45, 2.75) is 65.0 Å². The highest BCUT2D eigenvalue weighted by atomic mass is 15.2. The topological polar surface area (TPSA) is 39.1 Å². The van der Waals surface area contributed by atoms with Gasteiger partial charge in [0.2, 0.25) is 0 Å². The van der Waals surface area contributed by atoms with Gasteiger partial charge < -0.3 is 4.90 Å². The molecule has 1 aliphatic rings. The quantitative estimate of drug-likeness (QED) is 0.789. The first-order valence-electron chi connectivity index (χ1n) is 7.41. The summed E-state index contributed by atoms with van der Waals surface area (Å²) in [5.74, 6) is 0.877. The van der Waals surface area contributed by atoms with E-state index in [9.17, 15) is 5.26 Å². The molecule has 0 radical (unpaired) electrons. The van der Waals surface area contributed by atoms with Crippen molar-refractivity contribution >= 4 is 0 Å². The van der Waals surface area contributed by atoms with Gasteiger partial charge in [-0.3, -0.25) is 5.32 Å². The van der Waals surface area contributed by atoms with Crippen LogP contribution in [-0.2, 0) is 0 Å². The Labute approximate surface area is 113 Å². The van der Waals surface area contributed by atoms with Crippen LogP contribution in [0, 0.1) is 17.2 Å². The minimum atomic E-state index is -0.346. The molecular weight excluding hydrogens is 222 g/mol.